The molecule has 0 aromatic heterocycles. The molecule has 0 radical (unpaired) electrons. The van der Waals surface area contributed by atoms with Gasteiger partial charge in [0, 0.05) is 18.8 Å². The zero-order valence-electron chi connectivity index (χ0n) is 16.7. The smallest absolute Gasteiger partial charge is 0.306 e. The van der Waals surface area contributed by atoms with Crippen molar-refractivity contribution < 1.29 is 44.2 Å². The van der Waals surface area contributed by atoms with Gasteiger partial charge in [-0.05, 0) is 32.1 Å². The first-order chi connectivity index (χ1) is 13.9. The Kier molecular flexibility index (Phi) is 9.67. The summed E-state index contributed by atoms with van der Waals surface area (Å²) in [7, 11) is 0. The molecule has 0 bridgehead atoms. The largest absolute Gasteiger partial charge is 0.466 e. The fourth-order valence-corrected chi connectivity index (χ4v) is 3.80. The van der Waals surface area contributed by atoms with Crippen molar-refractivity contribution in [3.8, 4) is 0 Å². The second-order valence-corrected chi connectivity index (χ2v) is 7.44. The summed E-state index contributed by atoms with van der Waals surface area (Å²) in [6.07, 6.45) is -0.245. The standard InChI is InChI=1S/C20H32O9/c1-2-27-16(23)10-12-7-8-14(22)13(12)6-4-3-5-9-28-20-19(26)18(25)17(24)15(11-21)29-20/h3-4,12-13,15,17-21,24-26H,2,5-11H2,1H3/b4-3+. The maximum atomic E-state index is 12.1. The van der Waals surface area contributed by atoms with E-state index >= 15 is 0 Å². The van der Waals surface area contributed by atoms with Crippen LogP contribution in [0.3, 0.4) is 0 Å². The van der Waals surface area contributed by atoms with E-state index in [0.29, 0.717) is 32.3 Å². The van der Waals surface area contributed by atoms with Crippen LogP contribution in [0.4, 0.5) is 0 Å². The molecule has 166 valence electrons. The molecule has 2 aliphatic rings. The number of ether oxygens (including phenoxy) is 3. The number of esters is 1. The van der Waals surface area contributed by atoms with Crippen molar-refractivity contribution in [2.75, 3.05) is 19.8 Å². The molecule has 2 fully saturated rings. The second-order valence-electron chi connectivity index (χ2n) is 7.44. The van der Waals surface area contributed by atoms with Crippen LogP contribution in [0.1, 0.15) is 39.0 Å². The number of rotatable bonds is 10. The summed E-state index contributed by atoms with van der Waals surface area (Å²) < 4.78 is 15.6. The molecule has 29 heavy (non-hydrogen) atoms. The summed E-state index contributed by atoms with van der Waals surface area (Å²) in [5.74, 6) is -0.269. The van der Waals surface area contributed by atoms with Gasteiger partial charge in [0.1, 0.15) is 30.2 Å². The molecular formula is C20H32O9. The molecule has 7 atom stereocenters. The highest BCUT2D eigenvalue weighted by molar-refractivity contribution is 5.84. The lowest BCUT2D eigenvalue weighted by atomic mass is 9.89. The third-order valence-corrected chi connectivity index (χ3v) is 5.45. The summed E-state index contributed by atoms with van der Waals surface area (Å²) in [6.45, 7) is 1.76. The van der Waals surface area contributed by atoms with E-state index in [-0.39, 0.29) is 36.6 Å². The van der Waals surface area contributed by atoms with Gasteiger partial charge in [0.15, 0.2) is 6.29 Å². The number of allylic oxidation sites excluding steroid dienone is 1. The highest BCUT2D eigenvalue weighted by Gasteiger charge is 2.43. The predicted octanol–water partition coefficient (Wildman–Crippen LogP) is -0.312. The Morgan fingerprint density at radius 1 is 1.21 bits per heavy atom. The fraction of sp³-hybridized carbons (Fsp3) is 0.800. The lowest BCUT2D eigenvalue weighted by Crippen LogP contribution is -2.59. The molecule has 9 nitrogen and oxygen atoms in total. The Morgan fingerprint density at radius 2 is 1.97 bits per heavy atom. The first-order valence-corrected chi connectivity index (χ1v) is 10.1. The Balaban J connectivity index is 1.73. The molecule has 1 saturated heterocycles. The van der Waals surface area contributed by atoms with Crippen LogP contribution >= 0.6 is 0 Å². The minimum Gasteiger partial charge on any atom is -0.466 e. The van der Waals surface area contributed by atoms with Crippen LogP contribution in [0.5, 0.6) is 0 Å². The Bertz CT molecular complexity index is 562. The molecule has 1 aliphatic carbocycles. The van der Waals surface area contributed by atoms with Crippen molar-refractivity contribution in [3.63, 3.8) is 0 Å². The Morgan fingerprint density at radius 3 is 2.66 bits per heavy atom. The van der Waals surface area contributed by atoms with E-state index in [2.05, 4.69) is 0 Å². The number of hydrogen-bond donors (Lipinski definition) is 4. The molecule has 0 spiro atoms. The average Bonchev–Trinajstić information content (AvgIpc) is 3.03. The molecule has 0 aromatic carbocycles. The Hall–Kier alpha value is -1.36. The topological polar surface area (TPSA) is 143 Å². The molecule has 0 amide bonds. The van der Waals surface area contributed by atoms with E-state index in [1.165, 1.54) is 0 Å². The molecular weight excluding hydrogens is 384 g/mol. The number of hydrogen-bond acceptors (Lipinski definition) is 9. The van der Waals surface area contributed by atoms with Crippen LogP contribution < -0.4 is 0 Å². The van der Waals surface area contributed by atoms with Gasteiger partial charge in [-0.25, -0.2) is 0 Å². The van der Waals surface area contributed by atoms with E-state index in [4.69, 9.17) is 19.3 Å². The summed E-state index contributed by atoms with van der Waals surface area (Å²) in [6, 6.07) is 0. The van der Waals surface area contributed by atoms with E-state index in [0.717, 1.165) is 0 Å². The van der Waals surface area contributed by atoms with Gasteiger partial charge in [0.25, 0.3) is 0 Å². The van der Waals surface area contributed by atoms with Crippen molar-refractivity contribution in [2.45, 2.75) is 69.7 Å². The van der Waals surface area contributed by atoms with Gasteiger partial charge in [0.05, 0.1) is 19.8 Å². The molecule has 9 heteroatoms. The lowest BCUT2D eigenvalue weighted by molar-refractivity contribution is -0.300. The number of aliphatic hydroxyl groups is 4. The van der Waals surface area contributed by atoms with Crippen molar-refractivity contribution in [1.29, 1.82) is 0 Å². The van der Waals surface area contributed by atoms with E-state index in [9.17, 15) is 24.9 Å². The number of aliphatic hydroxyl groups excluding tert-OH is 4. The molecule has 7 unspecified atom stereocenters. The number of ketones is 1. The van der Waals surface area contributed by atoms with Gasteiger partial charge in [-0.2, -0.15) is 0 Å². The maximum Gasteiger partial charge on any atom is 0.306 e. The summed E-state index contributed by atoms with van der Waals surface area (Å²) in [5, 5.41) is 38.5. The van der Waals surface area contributed by atoms with Gasteiger partial charge < -0.3 is 34.6 Å². The van der Waals surface area contributed by atoms with Crippen LogP contribution in [-0.2, 0) is 23.8 Å². The first-order valence-electron chi connectivity index (χ1n) is 10.1. The zero-order valence-corrected chi connectivity index (χ0v) is 16.7. The van der Waals surface area contributed by atoms with Crippen molar-refractivity contribution >= 4 is 11.8 Å². The molecule has 4 N–H and O–H groups in total. The SMILES string of the molecule is CCOC(=O)CC1CCC(=O)C1C/C=C/CCOC1OC(CO)C(O)C(O)C1O. The van der Waals surface area contributed by atoms with E-state index in [1.807, 2.05) is 12.2 Å². The monoisotopic (exact) mass is 416 g/mol. The third kappa shape index (κ3) is 6.56. The second kappa shape index (κ2) is 11.7. The van der Waals surface area contributed by atoms with Crippen LogP contribution in [0.25, 0.3) is 0 Å². The van der Waals surface area contributed by atoms with Crippen LogP contribution in [0.2, 0.25) is 0 Å². The first kappa shape index (κ1) is 23.9. The molecule has 1 saturated carbocycles. The van der Waals surface area contributed by atoms with Crippen LogP contribution in [-0.4, -0.2) is 82.7 Å². The minimum absolute atomic E-state index is 0.0107. The number of carbonyl (C=O) groups is 2. The van der Waals surface area contributed by atoms with Crippen molar-refractivity contribution in [3.05, 3.63) is 12.2 Å². The molecule has 2 rings (SSSR count). The van der Waals surface area contributed by atoms with Crippen LogP contribution in [0, 0.1) is 11.8 Å². The highest BCUT2D eigenvalue weighted by Crippen LogP contribution is 2.34. The van der Waals surface area contributed by atoms with Gasteiger partial charge in [0.2, 0.25) is 0 Å². The molecule has 0 aromatic rings. The number of carbonyl (C=O) groups excluding carboxylic acids is 2. The van der Waals surface area contributed by atoms with Gasteiger partial charge in [-0.15, -0.1) is 0 Å². The third-order valence-electron chi connectivity index (χ3n) is 5.45. The summed E-state index contributed by atoms with van der Waals surface area (Å²) >= 11 is 0. The molecule has 1 heterocycles. The molecule has 1 aliphatic heterocycles. The van der Waals surface area contributed by atoms with E-state index in [1.54, 1.807) is 6.92 Å². The van der Waals surface area contributed by atoms with Gasteiger partial charge in [-0.3, -0.25) is 9.59 Å². The summed E-state index contributed by atoms with van der Waals surface area (Å²) in [5.41, 5.74) is 0. The fourth-order valence-electron chi connectivity index (χ4n) is 3.80. The highest BCUT2D eigenvalue weighted by atomic mass is 16.7. The Labute approximate surface area is 170 Å². The predicted molar refractivity (Wildman–Crippen MR) is 101 cm³/mol. The number of Topliss-reactive ketones (excluding diaryl/α,β-unsaturated/α-hetero) is 1. The van der Waals surface area contributed by atoms with Crippen molar-refractivity contribution in [1.82, 2.24) is 0 Å². The normalized spacial score (nSPS) is 35.3. The van der Waals surface area contributed by atoms with Crippen molar-refractivity contribution in [2.24, 2.45) is 11.8 Å². The van der Waals surface area contributed by atoms with E-state index < -0.39 is 37.3 Å². The van der Waals surface area contributed by atoms with Gasteiger partial charge >= 0.3 is 5.97 Å². The summed E-state index contributed by atoms with van der Waals surface area (Å²) in [4.78, 5) is 23.8. The minimum atomic E-state index is -1.47. The lowest BCUT2D eigenvalue weighted by Gasteiger charge is -2.39. The zero-order chi connectivity index (χ0) is 21.4. The quantitative estimate of drug-likeness (QED) is 0.214. The average molecular weight is 416 g/mol. The van der Waals surface area contributed by atoms with Gasteiger partial charge in [-0.1, -0.05) is 12.2 Å². The maximum absolute atomic E-state index is 12.1. The van der Waals surface area contributed by atoms with Crippen LogP contribution in [0.15, 0.2) is 12.2 Å².